The molecule has 4 fully saturated rings. The van der Waals surface area contributed by atoms with Gasteiger partial charge in [0.25, 0.3) is 0 Å². The first kappa shape index (κ1) is 27.5. The summed E-state index contributed by atoms with van der Waals surface area (Å²) in [5, 5.41) is 16.7. The first-order valence-electron chi connectivity index (χ1n) is 16.4. The van der Waals surface area contributed by atoms with Crippen LogP contribution in [0.2, 0.25) is 0 Å². The van der Waals surface area contributed by atoms with Gasteiger partial charge in [-0.15, -0.1) is 0 Å². The molecule has 4 saturated heterocycles. The van der Waals surface area contributed by atoms with E-state index in [2.05, 4.69) is 22.0 Å². The first-order valence-corrected chi connectivity index (χ1v) is 16.4. The highest BCUT2D eigenvalue weighted by Crippen LogP contribution is 2.47. The van der Waals surface area contributed by atoms with Crippen LogP contribution in [0.4, 0.5) is 14.6 Å². The lowest BCUT2D eigenvalue weighted by Gasteiger charge is -2.40. The van der Waals surface area contributed by atoms with E-state index in [1.165, 1.54) is 0 Å². The standard InChI is InChI=1S/C35H37F2N5O3/c1-2-19-5-3-6-20-11-23(43)12-24(29(19)20)25-13-28-30-32(31(25)37)39-34(45-18-35-9-4-10-41(35)15-21(36)14-35)40-33(30)42-16-22-7-8-26(38-22)27(42)17-44-28/h3,5-6,11-13,21-22,26-27,38,43H,2,4,7-10,14-18H2,1H3/t21-,22-,26+,27-,35-/m0/s1. The van der Waals surface area contributed by atoms with Crippen molar-refractivity contribution < 1.29 is 23.4 Å². The van der Waals surface area contributed by atoms with Gasteiger partial charge in [0.05, 0.1) is 17.0 Å². The highest BCUT2D eigenvalue weighted by atomic mass is 19.1. The Balaban J connectivity index is 1.24. The van der Waals surface area contributed by atoms with E-state index >= 15 is 4.39 Å². The second kappa shape index (κ2) is 10.1. The second-order valence-corrected chi connectivity index (χ2v) is 13.6. The number of fused-ring (bicyclic) bond motifs is 7. The zero-order valence-corrected chi connectivity index (χ0v) is 25.4. The molecular formula is C35H37F2N5O3. The average molecular weight is 614 g/mol. The number of hydrogen-bond donors (Lipinski definition) is 2. The van der Waals surface area contributed by atoms with E-state index in [1.807, 2.05) is 18.2 Å². The van der Waals surface area contributed by atoms with Crippen molar-refractivity contribution in [3.63, 3.8) is 0 Å². The number of aryl methyl sites for hydroxylation is 1. The van der Waals surface area contributed by atoms with Gasteiger partial charge in [0, 0.05) is 37.2 Å². The van der Waals surface area contributed by atoms with Crippen LogP contribution in [0.3, 0.4) is 0 Å². The molecule has 0 saturated carbocycles. The molecule has 5 aliphatic heterocycles. The van der Waals surface area contributed by atoms with Gasteiger partial charge >= 0.3 is 6.01 Å². The van der Waals surface area contributed by atoms with Gasteiger partial charge in [0.2, 0.25) is 0 Å². The molecule has 45 heavy (non-hydrogen) atoms. The van der Waals surface area contributed by atoms with Crippen LogP contribution in [0.25, 0.3) is 32.8 Å². The predicted molar refractivity (Wildman–Crippen MR) is 169 cm³/mol. The number of nitrogens with zero attached hydrogens (tertiary/aromatic N) is 4. The van der Waals surface area contributed by atoms with Crippen LogP contribution in [0.1, 0.15) is 44.6 Å². The number of nitrogens with one attached hydrogen (secondary N) is 1. The number of hydrogen-bond acceptors (Lipinski definition) is 8. The van der Waals surface area contributed by atoms with Gasteiger partial charge in [0.1, 0.15) is 42.2 Å². The number of phenols is 1. The summed E-state index contributed by atoms with van der Waals surface area (Å²) in [6.07, 6.45) is 4.28. The van der Waals surface area contributed by atoms with Crippen molar-refractivity contribution in [3.8, 4) is 28.6 Å². The number of benzene rings is 3. The fraction of sp³-hybridized carbons (Fsp3) is 0.486. The molecule has 8 nitrogen and oxygen atoms in total. The normalized spacial score (nSPS) is 28.7. The molecule has 5 atom stereocenters. The molecule has 4 aromatic rings. The molecule has 0 radical (unpaired) electrons. The van der Waals surface area contributed by atoms with Crippen LogP contribution >= 0.6 is 0 Å². The summed E-state index contributed by atoms with van der Waals surface area (Å²) in [5.41, 5.74) is 1.71. The molecule has 1 aromatic heterocycles. The highest BCUT2D eigenvalue weighted by molar-refractivity contribution is 6.05. The van der Waals surface area contributed by atoms with Crippen LogP contribution in [-0.4, -0.2) is 82.7 Å². The van der Waals surface area contributed by atoms with Crippen molar-refractivity contribution in [3.05, 3.63) is 47.8 Å². The van der Waals surface area contributed by atoms with E-state index in [4.69, 9.17) is 19.4 Å². The van der Waals surface area contributed by atoms with E-state index in [0.717, 1.165) is 61.5 Å². The number of alkyl halides is 1. The summed E-state index contributed by atoms with van der Waals surface area (Å²) in [7, 11) is 0. The number of aromatic nitrogens is 2. The Morgan fingerprint density at radius 3 is 2.93 bits per heavy atom. The van der Waals surface area contributed by atoms with E-state index in [1.54, 1.807) is 18.2 Å². The minimum atomic E-state index is -0.877. The number of phenolic OH excluding ortho intramolecular Hbond substituents is 1. The van der Waals surface area contributed by atoms with Gasteiger partial charge in [-0.1, -0.05) is 25.1 Å². The fourth-order valence-corrected chi connectivity index (χ4v) is 8.95. The van der Waals surface area contributed by atoms with Crippen molar-refractivity contribution in [1.82, 2.24) is 20.2 Å². The monoisotopic (exact) mass is 613 g/mol. The molecule has 0 aliphatic carbocycles. The van der Waals surface area contributed by atoms with Crippen molar-refractivity contribution in [2.75, 3.05) is 37.7 Å². The van der Waals surface area contributed by atoms with E-state index in [0.29, 0.717) is 53.7 Å². The molecule has 10 heteroatoms. The van der Waals surface area contributed by atoms with Crippen LogP contribution < -0.4 is 19.7 Å². The predicted octanol–water partition coefficient (Wildman–Crippen LogP) is 5.51. The third-order valence-electron chi connectivity index (χ3n) is 11.0. The van der Waals surface area contributed by atoms with Crippen molar-refractivity contribution in [1.29, 1.82) is 0 Å². The molecule has 0 unspecified atom stereocenters. The Hall–Kier alpha value is -3.76. The molecule has 3 aromatic carbocycles. The summed E-state index contributed by atoms with van der Waals surface area (Å²) >= 11 is 0. The van der Waals surface area contributed by atoms with Gasteiger partial charge in [0.15, 0.2) is 5.82 Å². The Morgan fingerprint density at radius 1 is 1.13 bits per heavy atom. The maximum absolute atomic E-state index is 17.1. The molecular weight excluding hydrogens is 576 g/mol. The molecule has 9 rings (SSSR count). The summed E-state index contributed by atoms with van der Waals surface area (Å²) in [6.45, 7) is 4.77. The van der Waals surface area contributed by atoms with Crippen LogP contribution in [-0.2, 0) is 6.42 Å². The zero-order valence-electron chi connectivity index (χ0n) is 25.4. The van der Waals surface area contributed by atoms with Gasteiger partial charge in [-0.2, -0.15) is 9.97 Å². The number of ether oxygens (including phenoxy) is 2. The second-order valence-electron chi connectivity index (χ2n) is 13.6. The minimum Gasteiger partial charge on any atom is -0.508 e. The Morgan fingerprint density at radius 2 is 2.04 bits per heavy atom. The molecule has 2 bridgehead atoms. The Labute approximate surface area is 260 Å². The smallest absolute Gasteiger partial charge is 0.319 e. The highest BCUT2D eigenvalue weighted by Gasteiger charge is 2.50. The maximum atomic E-state index is 17.1. The number of halogens is 2. The van der Waals surface area contributed by atoms with E-state index < -0.39 is 12.0 Å². The number of rotatable bonds is 5. The Kier molecular flexibility index (Phi) is 6.20. The topological polar surface area (TPSA) is 83.0 Å². The average Bonchev–Trinajstić information content (AvgIpc) is 3.67. The molecule has 0 amide bonds. The van der Waals surface area contributed by atoms with Gasteiger partial charge < -0.3 is 24.8 Å². The van der Waals surface area contributed by atoms with Gasteiger partial charge in [-0.3, -0.25) is 4.90 Å². The summed E-state index contributed by atoms with van der Waals surface area (Å²) in [5.74, 6) is 0.703. The molecule has 234 valence electrons. The van der Waals surface area contributed by atoms with Crippen LogP contribution in [0, 0.1) is 5.82 Å². The lowest BCUT2D eigenvalue weighted by molar-refractivity contribution is 0.107. The van der Waals surface area contributed by atoms with Crippen molar-refractivity contribution in [2.24, 2.45) is 0 Å². The fourth-order valence-electron chi connectivity index (χ4n) is 8.95. The zero-order chi connectivity index (χ0) is 30.4. The minimum absolute atomic E-state index is 0.0213. The summed E-state index contributed by atoms with van der Waals surface area (Å²) in [6, 6.07) is 11.7. The third-order valence-corrected chi connectivity index (χ3v) is 11.0. The molecule has 5 aliphatic rings. The summed E-state index contributed by atoms with van der Waals surface area (Å²) in [4.78, 5) is 14.1. The quantitative estimate of drug-likeness (QED) is 0.305. The number of anilines is 1. The van der Waals surface area contributed by atoms with Crippen LogP contribution in [0.15, 0.2) is 36.4 Å². The SMILES string of the molecule is CCc1cccc2cc(O)cc(-c3cc4c5c(nc(OC[C@@]67CCCN6C[C@@H](F)C7)nc5c3F)N3C[C@@H]5CC[C@@H](N5)[C@@H]3CO4)c12. The van der Waals surface area contributed by atoms with E-state index in [-0.39, 0.29) is 41.5 Å². The first-order chi connectivity index (χ1) is 21.9. The van der Waals surface area contributed by atoms with Gasteiger partial charge in [-0.25, -0.2) is 8.78 Å². The Bertz CT molecular complexity index is 1850. The maximum Gasteiger partial charge on any atom is 0.319 e. The molecule has 6 heterocycles. The number of piperazine rings is 1. The summed E-state index contributed by atoms with van der Waals surface area (Å²) < 4.78 is 44.5. The number of aromatic hydroxyl groups is 1. The molecule has 0 spiro atoms. The lowest BCUT2D eigenvalue weighted by Crippen LogP contribution is -2.60. The van der Waals surface area contributed by atoms with Gasteiger partial charge in [-0.05, 0) is 78.7 Å². The largest absolute Gasteiger partial charge is 0.508 e. The van der Waals surface area contributed by atoms with Crippen molar-refractivity contribution in [2.45, 2.75) is 75.3 Å². The van der Waals surface area contributed by atoms with Crippen molar-refractivity contribution >= 4 is 27.5 Å². The third kappa shape index (κ3) is 4.21. The van der Waals surface area contributed by atoms with E-state index in [9.17, 15) is 9.50 Å². The molecule has 2 N–H and O–H groups in total. The lowest BCUT2D eigenvalue weighted by atomic mass is 9.92. The van der Waals surface area contributed by atoms with Crippen LogP contribution in [0.5, 0.6) is 17.5 Å².